The molecule has 1 aliphatic heterocycles. The summed E-state index contributed by atoms with van der Waals surface area (Å²) < 4.78 is 10.3. The maximum Gasteiger partial charge on any atom is 0.337 e. The average molecular weight is 221 g/mol. The second-order valence-corrected chi connectivity index (χ2v) is 3.68. The van der Waals surface area contributed by atoms with Crippen molar-refractivity contribution in [3.05, 3.63) is 23.8 Å². The van der Waals surface area contributed by atoms with Gasteiger partial charge in [-0.2, -0.15) is 0 Å². The zero-order chi connectivity index (χ0) is 11.4. The number of carbonyl (C=O) groups excluding carboxylic acids is 1. The Balaban J connectivity index is 2.28. The van der Waals surface area contributed by atoms with Crippen molar-refractivity contribution in [1.29, 1.82) is 0 Å². The Morgan fingerprint density at radius 1 is 1.44 bits per heavy atom. The van der Waals surface area contributed by atoms with Crippen molar-refractivity contribution in [3.63, 3.8) is 0 Å². The molecular formula is C12H15NO3. The highest BCUT2D eigenvalue weighted by molar-refractivity contribution is 5.90. The van der Waals surface area contributed by atoms with Crippen LogP contribution >= 0.6 is 0 Å². The molecule has 0 saturated heterocycles. The number of hydrogen-bond acceptors (Lipinski definition) is 4. The molecular weight excluding hydrogens is 206 g/mol. The summed E-state index contributed by atoms with van der Waals surface area (Å²) in [6, 6.07) is 5.31. The molecule has 0 bridgehead atoms. The number of rotatable bonds is 1. The number of esters is 1. The average Bonchev–Trinajstić information content (AvgIpc) is 2.28. The maximum atomic E-state index is 11.4. The summed E-state index contributed by atoms with van der Waals surface area (Å²) in [5.74, 6) is 0.385. The summed E-state index contributed by atoms with van der Waals surface area (Å²) in [7, 11) is 1.37. The lowest BCUT2D eigenvalue weighted by atomic mass is 10.1. The molecule has 4 nitrogen and oxygen atoms in total. The largest absolute Gasteiger partial charge is 0.491 e. The summed E-state index contributed by atoms with van der Waals surface area (Å²) in [4.78, 5) is 11.4. The summed E-state index contributed by atoms with van der Waals surface area (Å²) in [5, 5.41) is 3.27. The lowest BCUT2D eigenvalue weighted by Gasteiger charge is -2.17. The summed E-state index contributed by atoms with van der Waals surface area (Å²) in [5.41, 5.74) is 1.45. The Labute approximate surface area is 94.6 Å². The summed E-state index contributed by atoms with van der Waals surface area (Å²) in [6.07, 6.45) is 2.12. The van der Waals surface area contributed by atoms with E-state index >= 15 is 0 Å². The van der Waals surface area contributed by atoms with Gasteiger partial charge in [0.05, 0.1) is 25.0 Å². The fourth-order valence-electron chi connectivity index (χ4n) is 1.66. The number of benzene rings is 1. The van der Waals surface area contributed by atoms with Crippen LogP contribution in [0.2, 0.25) is 0 Å². The first-order chi connectivity index (χ1) is 7.81. The van der Waals surface area contributed by atoms with Crippen molar-refractivity contribution >= 4 is 11.7 Å². The number of anilines is 1. The molecule has 0 spiro atoms. The molecule has 1 aromatic carbocycles. The number of fused-ring (bicyclic) bond motifs is 1. The van der Waals surface area contributed by atoms with Crippen LogP contribution < -0.4 is 10.1 Å². The Bertz CT molecular complexity index is 390. The quantitative estimate of drug-likeness (QED) is 0.737. The number of ether oxygens (including phenoxy) is 2. The van der Waals surface area contributed by atoms with E-state index in [2.05, 4.69) is 10.1 Å². The first-order valence-corrected chi connectivity index (χ1v) is 5.40. The van der Waals surface area contributed by atoms with Gasteiger partial charge in [-0.05, 0) is 31.0 Å². The molecule has 1 aromatic rings. The van der Waals surface area contributed by atoms with E-state index in [-0.39, 0.29) is 5.97 Å². The molecule has 4 heteroatoms. The van der Waals surface area contributed by atoms with Gasteiger partial charge in [0.25, 0.3) is 0 Å². The normalized spacial score (nSPS) is 14.8. The fraction of sp³-hybridized carbons (Fsp3) is 0.417. The van der Waals surface area contributed by atoms with Gasteiger partial charge in [-0.15, -0.1) is 0 Å². The van der Waals surface area contributed by atoms with Gasteiger partial charge in [-0.25, -0.2) is 4.79 Å². The molecule has 1 N–H and O–H groups in total. The predicted octanol–water partition coefficient (Wildman–Crippen LogP) is 2.06. The number of carbonyl (C=O) groups is 1. The number of hydrogen-bond donors (Lipinski definition) is 1. The molecule has 1 heterocycles. The third-order valence-electron chi connectivity index (χ3n) is 2.55. The summed E-state index contributed by atoms with van der Waals surface area (Å²) in [6.45, 7) is 1.63. The molecule has 86 valence electrons. The molecule has 0 unspecified atom stereocenters. The van der Waals surface area contributed by atoms with Crippen molar-refractivity contribution in [1.82, 2.24) is 0 Å². The molecule has 16 heavy (non-hydrogen) atoms. The van der Waals surface area contributed by atoms with Crippen molar-refractivity contribution in [3.8, 4) is 5.75 Å². The van der Waals surface area contributed by atoms with E-state index in [9.17, 15) is 4.79 Å². The van der Waals surface area contributed by atoms with Crippen LogP contribution in [0.1, 0.15) is 23.2 Å². The van der Waals surface area contributed by atoms with Crippen molar-refractivity contribution < 1.29 is 14.3 Å². The van der Waals surface area contributed by atoms with Crippen LogP contribution in [0.3, 0.4) is 0 Å². The minimum absolute atomic E-state index is 0.339. The van der Waals surface area contributed by atoms with Crippen LogP contribution in [0.5, 0.6) is 5.75 Å². The van der Waals surface area contributed by atoms with Gasteiger partial charge in [0.1, 0.15) is 5.75 Å². The standard InChI is InChI=1S/C12H15NO3/c1-15-12(14)9-4-5-10-11(8-9)16-7-3-2-6-13-10/h4-5,8,13H,2-3,6-7H2,1H3. The van der Waals surface area contributed by atoms with Crippen molar-refractivity contribution in [2.75, 3.05) is 25.6 Å². The topological polar surface area (TPSA) is 47.6 Å². The SMILES string of the molecule is COC(=O)c1ccc2c(c1)OCCCCN2. The Morgan fingerprint density at radius 2 is 2.31 bits per heavy atom. The summed E-state index contributed by atoms with van der Waals surface area (Å²) >= 11 is 0. The Morgan fingerprint density at radius 3 is 3.12 bits per heavy atom. The van der Waals surface area contributed by atoms with Crippen LogP contribution in [0.15, 0.2) is 18.2 Å². The zero-order valence-corrected chi connectivity index (χ0v) is 9.29. The zero-order valence-electron chi connectivity index (χ0n) is 9.29. The maximum absolute atomic E-state index is 11.4. The molecule has 0 aliphatic carbocycles. The minimum Gasteiger partial charge on any atom is -0.491 e. The molecule has 1 aliphatic rings. The lowest BCUT2D eigenvalue weighted by Crippen LogP contribution is -2.11. The molecule has 0 radical (unpaired) electrons. The molecule has 0 amide bonds. The third kappa shape index (κ3) is 2.27. The van der Waals surface area contributed by atoms with Crippen molar-refractivity contribution in [2.45, 2.75) is 12.8 Å². The van der Waals surface area contributed by atoms with E-state index in [1.165, 1.54) is 7.11 Å². The van der Waals surface area contributed by atoms with E-state index in [0.717, 1.165) is 30.8 Å². The number of nitrogens with one attached hydrogen (secondary N) is 1. The minimum atomic E-state index is -0.339. The van der Waals surface area contributed by atoms with Crippen LogP contribution in [0, 0.1) is 0 Å². The second kappa shape index (κ2) is 4.88. The van der Waals surface area contributed by atoms with E-state index in [4.69, 9.17) is 4.74 Å². The molecule has 0 fully saturated rings. The smallest absolute Gasteiger partial charge is 0.337 e. The molecule has 2 rings (SSSR count). The molecule has 0 saturated carbocycles. The van der Waals surface area contributed by atoms with Gasteiger partial charge >= 0.3 is 5.97 Å². The Hall–Kier alpha value is -1.71. The highest BCUT2D eigenvalue weighted by Crippen LogP contribution is 2.27. The second-order valence-electron chi connectivity index (χ2n) is 3.68. The van der Waals surface area contributed by atoms with Crippen LogP contribution in [-0.2, 0) is 4.74 Å². The van der Waals surface area contributed by atoms with Gasteiger partial charge in [0.15, 0.2) is 0 Å². The van der Waals surface area contributed by atoms with Gasteiger partial charge in [0, 0.05) is 6.54 Å². The van der Waals surface area contributed by atoms with Gasteiger partial charge in [-0.3, -0.25) is 0 Å². The van der Waals surface area contributed by atoms with E-state index < -0.39 is 0 Å². The lowest BCUT2D eigenvalue weighted by molar-refractivity contribution is 0.0600. The Kier molecular flexibility index (Phi) is 3.29. The van der Waals surface area contributed by atoms with Crippen LogP contribution in [0.4, 0.5) is 5.69 Å². The van der Waals surface area contributed by atoms with Gasteiger partial charge in [-0.1, -0.05) is 0 Å². The van der Waals surface area contributed by atoms with Gasteiger partial charge in [0.2, 0.25) is 0 Å². The first-order valence-electron chi connectivity index (χ1n) is 5.40. The highest BCUT2D eigenvalue weighted by atomic mass is 16.5. The fourth-order valence-corrected chi connectivity index (χ4v) is 1.66. The van der Waals surface area contributed by atoms with E-state index in [0.29, 0.717) is 12.2 Å². The van der Waals surface area contributed by atoms with Crippen LogP contribution in [0.25, 0.3) is 0 Å². The number of methoxy groups -OCH3 is 1. The molecule has 0 aromatic heterocycles. The van der Waals surface area contributed by atoms with Crippen molar-refractivity contribution in [2.24, 2.45) is 0 Å². The van der Waals surface area contributed by atoms with Crippen LogP contribution in [-0.4, -0.2) is 26.2 Å². The highest BCUT2D eigenvalue weighted by Gasteiger charge is 2.12. The predicted molar refractivity (Wildman–Crippen MR) is 61.0 cm³/mol. The first kappa shape index (κ1) is 10.8. The third-order valence-corrected chi connectivity index (χ3v) is 2.55. The monoisotopic (exact) mass is 221 g/mol. The van der Waals surface area contributed by atoms with E-state index in [1.807, 2.05) is 6.07 Å². The molecule has 0 atom stereocenters. The van der Waals surface area contributed by atoms with E-state index in [1.54, 1.807) is 12.1 Å². The van der Waals surface area contributed by atoms with Gasteiger partial charge < -0.3 is 14.8 Å².